The first-order valence-corrected chi connectivity index (χ1v) is 7.09. The minimum Gasteiger partial charge on any atom is -0.369 e. The van der Waals surface area contributed by atoms with Gasteiger partial charge in [-0.15, -0.1) is 0 Å². The fraction of sp³-hybridized carbons (Fsp3) is 0.500. The molecular weight excluding hydrogens is 248 g/mol. The Bertz CT molecular complexity index is 545. The van der Waals surface area contributed by atoms with E-state index in [-0.39, 0.29) is 6.04 Å². The van der Waals surface area contributed by atoms with E-state index in [0.717, 1.165) is 43.7 Å². The molecule has 1 heterocycles. The van der Waals surface area contributed by atoms with Gasteiger partial charge in [0.15, 0.2) is 0 Å². The molecule has 20 heavy (non-hydrogen) atoms. The molecule has 1 atom stereocenters. The molecule has 0 aliphatic carbocycles. The first kappa shape index (κ1) is 14.4. The Kier molecular flexibility index (Phi) is 4.61. The molecule has 1 aliphatic heterocycles. The van der Waals surface area contributed by atoms with Gasteiger partial charge in [0.2, 0.25) is 0 Å². The van der Waals surface area contributed by atoms with Crippen molar-refractivity contribution in [3.63, 3.8) is 0 Å². The zero-order valence-corrected chi connectivity index (χ0v) is 12.1. The standard InChI is InChI=1S/C16H20N4/c1-3-15(12-18)19-6-8-20(9-7-19)16-5-4-14(11-17)13(2)10-16/h4-5,10,15H,3,6-9H2,1-2H3. The highest BCUT2D eigenvalue weighted by molar-refractivity contribution is 5.53. The number of aryl methyl sites for hydroxylation is 1. The molecule has 0 amide bonds. The van der Waals surface area contributed by atoms with E-state index >= 15 is 0 Å². The van der Waals surface area contributed by atoms with Crippen molar-refractivity contribution >= 4 is 5.69 Å². The van der Waals surface area contributed by atoms with Crippen molar-refractivity contribution in [2.24, 2.45) is 0 Å². The fourth-order valence-corrected chi connectivity index (χ4v) is 2.69. The largest absolute Gasteiger partial charge is 0.369 e. The molecule has 1 saturated heterocycles. The Hall–Kier alpha value is -2.04. The van der Waals surface area contributed by atoms with Crippen LogP contribution in [-0.2, 0) is 0 Å². The summed E-state index contributed by atoms with van der Waals surface area (Å²) in [6.45, 7) is 7.74. The average Bonchev–Trinajstić information content (AvgIpc) is 2.49. The summed E-state index contributed by atoms with van der Waals surface area (Å²) in [6, 6.07) is 10.6. The van der Waals surface area contributed by atoms with Gasteiger partial charge in [0.05, 0.1) is 23.7 Å². The molecule has 104 valence electrons. The van der Waals surface area contributed by atoms with Crippen LogP contribution in [0.3, 0.4) is 0 Å². The maximum Gasteiger partial charge on any atom is 0.0994 e. The third-order valence-electron chi connectivity index (χ3n) is 3.99. The summed E-state index contributed by atoms with van der Waals surface area (Å²) in [5.74, 6) is 0. The molecular formula is C16H20N4. The molecule has 4 nitrogen and oxygen atoms in total. The Morgan fingerprint density at radius 1 is 1.20 bits per heavy atom. The number of hydrogen-bond acceptors (Lipinski definition) is 4. The van der Waals surface area contributed by atoms with E-state index < -0.39 is 0 Å². The summed E-state index contributed by atoms with van der Waals surface area (Å²) in [7, 11) is 0. The van der Waals surface area contributed by atoms with Crippen LogP contribution in [-0.4, -0.2) is 37.1 Å². The van der Waals surface area contributed by atoms with E-state index in [4.69, 9.17) is 10.5 Å². The molecule has 1 aromatic carbocycles. The lowest BCUT2D eigenvalue weighted by Gasteiger charge is -2.38. The number of nitriles is 2. The van der Waals surface area contributed by atoms with E-state index in [1.54, 1.807) is 0 Å². The predicted molar refractivity (Wildman–Crippen MR) is 79.4 cm³/mol. The van der Waals surface area contributed by atoms with Gasteiger partial charge in [-0.25, -0.2) is 0 Å². The smallest absolute Gasteiger partial charge is 0.0994 e. The molecule has 1 unspecified atom stereocenters. The van der Waals surface area contributed by atoms with E-state index in [9.17, 15) is 0 Å². The lowest BCUT2D eigenvalue weighted by molar-refractivity contribution is 0.216. The Balaban J connectivity index is 2.03. The first-order valence-electron chi connectivity index (χ1n) is 7.09. The number of anilines is 1. The van der Waals surface area contributed by atoms with Crippen LogP contribution in [0.2, 0.25) is 0 Å². The first-order chi connectivity index (χ1) is 9.69. The number of rotatable bonds is 3. The predicted octanol–water partition coefficient (Wildman–Crippen LogP) is 2.29. The van der Waals surface area contributed by atoms with Gasteiger partial charge in [0.1, 0.15) is 0 Å². The summed E-state index contributed by atoms with van der Waals surface area (Å²) >= 11 is 0. The quantitative estimate of drug-likeness (QED) is 0.844. The van der Waals surface area contributed by atoms with Crippen LogP contribution < -0.4 is 4.90 Å². The fourth-order valence-electron chi connectivity index (χ4n) is 2.69. The molecule has 0 N–H and O–H groups in total. The monoisotopic (exact) mass is 268 g/mol. The molecule has 0 bridgehead atoms. The Labute approximate surface area is 120 Å². The van der Waals surface area contributed by atoms with Gasteiger partial charge in [0.25, 0.3) is 0 Å². The second kappa shape index (κ2) is 6.41. The highest BCUT2D eigenvalue weighted by atomic mass is 15.3. The van der Waals surface area contributed by atoms with Crippen LogP contribution in [0, 0.1) is 29.6 Å². The highest BCUT2D eigenvalue weighted by Crippen LogP contribution is 2.21. The van der Waals surface area contributed by atoms with Crippen molar-refractivity contribution in [1.82, 2.24) is 4.90 Å². The van der Waals surface area contributed by atoms with E-state index in [0.29, 0.717) is 0 Å². The second-order valence-corrected chi connectivity index (χ2v) is 5.19. The van der Waals surface area contributed by atoms with Crippen molar-refractivity contribution in [3.05, 3.63) is 29.3 Å². The average molecular weight is 268 g/mol. The number of hydrogen-bond donors (Lipinski definition) is 0. The minimum atomic E-state index is 0.0415. The van der Waals surface area contributed by atoms with Gasteiger partial charge in [-0.05, 0) is 37.1 Å². The Morgan fingerprint density at radius 3 is 2.40 bits per heavy atom. The van der Waals surface area contributed by atoms with Gasteiger partial charge < -0.3 is 4.90 Å². The zero-order chi connectivity index (χ0) is 14.5. The van der Waals surface area contributed by atoms with Crippen molar-refractivity contribution in [3.8, 4) is 12.1 Å². The van der Waals surface area contributed by atoms with E-state index in [1.165, 1.54) is 5.69 Å². The molecule has 4 heteroatoms. The summed E-state index contributed by atoms with van der Waals surface area (Å²) in [5.41, 5.74) is 2.94. The lowest BCUT2D eigenvalue weighted by Crippen LogP contribution is -2.50. The number of benzene rings is 1. The van der Waals surface area contributed by atoms with Gasteiger partial charge >= 0.3 is 0 Å². The molecule has 2 rings (SSSR count). The van der Waals surface area contributed by atoms with Crippen molar-refractivity contribution < 1.29 is 0 Å². The summed E-state index contributed by atoms with van der Waals surface area (Å²) < 4.78 is 0. The molecule has 0 aromatic heterocycles. The molecule has 1 aliphatic rings. The van der Waals surface area contributed by atoms with Crippen molar-refractivity contribution in [2.45, 2.75) is 26.3 Å². The minimum absolute atomic E-state index is 0.0415. The molecule has 0 saturated carbocycles. The molecule has 1 fully saturated rings. The van der Waals surface area contributed by atoms with Gasteiger partial charge in [-0.3, -0.25) is 4.90 Å². The molecule has 0 radical (unpaired) electrons. The topological polar surface area (TPSA) is 54.1 Å². The molecule has 0 spiro atoms. The maximum atomic E-state index is 9.12. The van der Waals surface area contributed by atoms with Crippen molar-refractivity contribution in [2.75, 3.05) is 31.1 Å². The van der Waals surface area contributed by atoms with Crippen LogP contribution in [0.1, 0.15) is 24.5 Å². The van der Waals surface area contributed by atoms with Crippen LogP contribution in [0.15, 0.2) is 18.2 Å². The summed E-state index contributed by atoms with van der Waals surface area (Å²) in [5, 5.41) is 18.1. The molecule has 1 aromatic rings. The number of piperazine rings is 1. The lowest BCUT2D eigenvalue weighted by atomic mass is 10.1. The van der Waals surface area contributed by atoms with Gasteiger partial charge in [0, 0.05) is 31.9 Å². The Morgan fingerprint density at radius 2 is 1.90 bits per heavy atom. The summed E-state index contributed by atoms with van der Waals surface area (Å²) in [6.07, 6.45) is 0.881. The third-order valence-corrected chi connectivity index (χ3v) is 3.99. The van der Waals surface area contributed by atoms with E-state index in [1.807, 2.05) is 19.1 Å². The van der Waals surface area contributed by atoms with Gasteiger partial charge in [-0.1, -0.05) is 6.92 Å². The van der Waals surface area contributed by atoms with Crippen LogP contribution >= 0.6 is 0 Å². The normalized spacial score (nSPS) is 17.3. The van der Waals surface area contributed by atoms with Gasteiger partial charge in [-0.2, -0.15) is 10.5 Å². The highest BCUT2D eigenvalue weighted by Gasteiger charge is 2.22. The van der Waals surface area contributed by atoms with Crippen molar-refractivity contribution in [1.29, 1.82) is 10.5 Å². The van der Waals surface area contributed by atoms with Crippen LogP contribution in [0.4, 0.5) is 5.69 Å². The number of nitrogens with zero attached hydrogens (tertiary/aromatic N) is 4. The zero-order valence-electron chi connectivity index (χ0n) is 12.1. The van der Waals surface area contributed by atoms with Crippen LogP contribution in [0.5, 0.6) is 0 Å². The SMILES string of the molecule is CCC(C#N)N1CCN(c2ccc(C#N)c(C)c2)CC1. The third kappa shape index (κ3) is 2.92. The summed E-state index contributed by atoms with van der Waals surface area (Å²) in [4.78, 5) is 4.59. The maximum absolute atomic E-state index is 9.12. The van der Waals surface area contributed by atoms with Crippen LogP contribution in [0.25, 0.3) is 0 Å². The van der Waals surface area contributed by atoms with E-state index in [2.05, 4.69) is 34.9 Å². The second-order valence-electron chi connectivity index (χ2n) is 5.19.